The van der Waals surface area contributed by atoms with Crippen molar-refractivity contribution in [2.75, 3.05) is 0 Å². The van der Waals surface area contributed by atoms with Crippen molar-refractivity contribution < 1.29 is 32.7 Å². The Morgan fingerprint density at radius 3 is 2.62 bits per heavy atom. The second-order valence-electron chi connectivity index (χ2n) is 1.29. The van der Waals surface area contributed by atoms with E-state index >= 15 is 0 Å². The normalized spacial score (nSPS) is 8.12. The van der Waals surface area contributed by atoms with Gasteiger partial charge in [-0.1, -0.05) is 6.42 Å². The minimum Gasteiger partial charge on any atom is -0.233 e. The molecule has 1 heteroatoms. The Bertz CT molecular complexity index is 64.8. The van der Waals surface area contributed by atoms with E-state index < -0.39 is 0 Å². The molecule has 0 aliphatic rings. The summed E-state index contributed by atoms with van der Waals surface area (Å²) in [4.78, 5) is 0. The van der Waals surface area contributed by atoms with Gasteiger partial charge in [0.25, 0.3) is 0 Å². The Morgan fingerprint density at radius 2 is 2.25 bits per heavy atom. The molecule has 8 heavy (non-hydrogen) atoms. The van der Waals surface area contributed by atoms with Crippen LogP contribution in [0.25, 0.3) is 0 Å². The van der Waals surface area contributed by atoms with Gasteiger partial charge in [0.15, 0.2) is 0 Å². The molecule has 0 aliphatic heterocycles. The first-order chi connectivity index (χ1) is 3.41. The van der Waals surface area contributed by atoms with E-state index in [1.807, 2.05) is 25.2 Å². The number of rotatable bonds is 3. The summed E-state index contributed by atoms with van der Waals surface area (Å²) in [5.74, 6) is 0. The molecule has 0 fully saturated rings. The summed E-state index contributed by atoms with van der Waals surface area (Å²) >= 11 is 0. The number of allylic oxidation sites excluding steroid dienone is 3. The molecule has 1 radical (unpaired) electrons. The third-order valence-electron chi connectivity index (χ3n) is 0.631. The van der Waals surface area contributed by atoms with Crippen LogP contribution in [0.5, 0.6) is 0 Å². The van der Waals surface area contributed by atoms with Gasteiger partial charge in [0.1, 0.15) is 0 Å². The van der Waals surface area contributed by atoms with E-state index in [9.17, 15) is 0 Å². The van der Waals surface area contributed by atoms with Crippen LogP contribution in [0.4, 0.5) is 0 Å². The van der Waals surface area contributed by atoms with Gasteiger partial charge in [-0.3, -0.25) is 0 Å². The summed E-state index contributed by atoms with van der Waals surface area (Å²) in [5, 5.41) is 0. The maximum atomic E-state index is 3.57. The average Bonchev–Trinajstić information content (AvgIpc) is 1.69. The van der Waals surface area contributed by atoms with Crippen LogP contribution in [0.15, 0.2) is 24.8 Å². The summed E-state index contributed by atoms with van der Waals surface area (Å²) in [7, 11) is 0. The van der Waals surface area contributed by atoms with Crippen molar-refractivity contribution in [1.29, 1.82) is 0 Å². The quantitative estimate of drug-likeness (QED) is 0.358. The van der Waals surface area contributed by atoms with Gasteiger partial charge in [-0.15, -0.1) is 19.6 Å². The minimum atomic E-state index is 0. The Kier molecular flexibility index (Phi) is 14.7. The topological polar surface area (TPSA) is 0 Å². The summed E-state index contributed by atoms with van der Waals surface area (Å²) in [6.45, 7) is 5.57. The number of hydrogen-bond acceptors (Lipinski definition) is 0. The third kappa shape index (κ3) is 9.68. The molecule has 0 aliphatic carbocycles. The molecular weight excluding hydrogens is 173 g/mol. The monoisotopic (exact) mass is 184 g/mol. The van der Waals surface area contributed by atoms with Crippen LogP contribution < -0.4 is 0 Å². The van der Waals surface area contributed by atoms with Gasteiger partial charge in [-0.2, -0.15) is 0 Å². The maximum absolute atomic E-state index is 3.57. The van der Waals surface area contributed by atoms with Gasteiger partial charge >= 0.3 is 0 Å². The van der Waals surface area contributed by atoms with Gasteiger partial charge < -0.3 is 0 Å². The number of unbranched alkanes of at least 4 members (excludes halogenated alkanes) is 1. The zero-order chi connectivity index (χ0) is 5.54. The molecule has 0 aromatic rings. The largest absolute Gasteiger partial charge is 0.233 e. The van der Waals surface area contributed by atoms with Crippen molar-refractivity contribution in [2.24, 2.45) is 0 Å². The van der Waals surface area contributed by atoms with Crippen molar-refractivity contribution in [2.45, 2.75) is 13.3 Å². The fraction of sp³-hybridized carbons (Fsp3) is 0.286. The Hall–Kier alpha value is 0.454. The smallest absolute Gasteiger partial charge is 0 e. The Morgan fingerprint density at radius 1 is 1.62 bits per heavy atom. The molecule has 0 saturated heterocycles. The first-order valence-electron chi connectivity index (χ1n) is 2.47. The first-order valence-corrected chi connectivity index (χ1v) is 2.47. The molecule has 0 bridgehead atoms. The van der Waals surface area contributed by atoms with Crippen LogP contribution in [-0.4, -0.2) is 0 Å². The van der Waals surface area contributed by atoms with E-state index in [4.69, 9.17) is 0 Å². The summed E-state index contributed by atoms with van der Waals surface area (Å²) < 4.78 is 0. The molecule has 0 saturated carbocycles. The molecule has 0 atom stereocenters. The molecule has 0 aromatic carbocycles. The SMILES string of the molecule is C=CC[CH-]C=CC.[Y]. The van der Waals surface area contributed by atoms with Crippen molar-refractivity contribution in [1.82, 2.24) is 0 Å². The van der Waals surface area contributed by atoms with Gasteiger partial charge in [0.05, 0.1) is 0 Å². The fourth-order valence-electron chi connectivity index (χ4n) is 0.311. The second-order valence-corrected chi connectivity index (χ2v) is 1.29. The van der Waals surface area contributed by atoms with E-state index in [0.717, 1.165) is 6.42 Å². The summed E-state index contributed by atoms with van der Waals surface area (Å²) in [5.41, 5.74) is 0. The van der Waals surface area contributed by atoms with Crippen LogP contribution in [0.3, 0.4) is 0 Å². The molecule has 0 N–H and O–H groups in total. The molecule has 0 nitrogen and oxygen atoms in total. The van der Waals surface area contributed by atoms with Crippen molar-refractivity contribution in [3.8, 4) is 0 Å². The molecular formula is C7H11Y-. The van der Waals surface area contributed by atoms with Crippen LogP contribution in [0.1, 0.15) is 13.3 Å². The first kappa shape index (κ1) is 11.3. The average molecular weight is 184 g/mol. The van der Waals surface area contributed by atoms with E-state index in [1.54, 1.807) is 0 Å². The van der Waals surface area contributed by atoms with Crippen LogP contribution >= 0.6 is 0 Å². The Labute approximate surface area is 76.9 Å². The van der Waals surface area contributed by atoms with Crippen LogP contribution in [0, 0.1) is 6.42 Å². The van der Waals surface area contributed by atoms with E-state index in [0.29, 0.717) is 0 Å². The fourth-order valence-corrected chi connectivity index (χ4v) is 0.311. The zero-order valence-corrected chi connectivity index (χ0v) is 8.14. The van der Waals surface area contributed by atoms with Gasteiger partial charge in [0, 0.05) is 32.7 Å². The Balaban J connectivity index is 0. The van der Waals surface area contributed by atoms with Gasteiger partial charge in [-0.05, 0) is 0 Å². The van der Waals surface area contributed by atoms with Crippen LogP contribution in [-0.2, 0) is 32.7 Å². The zero-order valence-electron chi connectivity index (χ0n) is 5.30. The minimum absolute atomic E-state index is 0. The number of hydrogen-bond donors (Lipinski definition) is 0. The van der Waals surface area contributed by atoms with Gasteiger partial charge in [0.2, 0.25) is 0 Å². The second kappa shape index (κ2) is 10.4. The maximum Gasteiger partial charge on any atom is 0 e. The predicted molar refractivity (Wildman–Crippen MR) is 33.9 cm³/mol. The summed E-state index contributed by atoms with van der Waals surface area (Å²) in [6.07, 6.45) is 8.93. The van der Waals surface area contributed by atoms with Crippen LogP contribution in [0.2, 0.25) is 0 Å². The molecule has 0 spiro atoms. The third-order valence-corrected chi connectivity index (χ3v) is 0.631. The molecule has 0 aromatic heterocycles. The molecule has 0 rings (SSSR count). The van der Waals surface area contributed by atoms with Gasteiger partial charge in [-0.25, -0.2) is 18.6 Å². The van der Waals surface area contributed by atoms with Crippen molar-refractivity contribution in [3.63, 3.8) is 0 Å². The van der Waals surface area contributed by atoms with E-state index in [1.165, 1.54) is 0 Å². The van der Waals surface area contributed by atoms with Crippen molar-refractivity contribution >= 4 is 0 Å². The molecule has 0 heterocycles. The molecule has 0 unspecified atom stereocenters. The van der Waals surface area contributed by atoms with E-state index in [2.05, 4.69) is 13.0 Å². The standard InChI is InChI=1S/C7H11.Y/c1-3-5-7-6-4-2;/h3-4,6-7H,1,5H2,2H3;/q-1;. The van der Waals surface area contributed by atoms with Crippen molar-refractivity contribution in [3.05, 3.63) is 31.2 Å². The predicted octanol–water partition coefficient (Wildman–Crippen LogP) is 2.34. The summed E-state index contributed by atoms with van der Waals surface area (Å²) in [6, 6.07) is 0. The molecule has 0 amide bonds. The molecule has 43 valence electrons. The van der Waals surface area contributed by atoms with E-state index in [-0.39, 0.29) is 32.7 Å².